The molecule has 18 heavy (non-hydrogen) atoms. The third kappa shape index (κ3) is 2.65. The summed E-state index contributed by atoms with van der Waals surface area (Å²) in [4.78, 5) is 11.4. The summed E-state index contributed by atoms with van der Waals surface area (Å²) in [6.07, 6.45) is 0. The minimum Gasteiger partial charge on any atom is -0.461 e. The van der Waals surface area contributed by atoms with Crippen molar-refractivity contribution in [3.05, 3.63) is 34.0 Å². The quantitative estimate of drug-likeness (QED) is 0.813. The van der Waals surface area contributed by atoms with Gasteiger partial charge in [-0.05, 0) is 25.1 Å². The van der Waals surface area contributed by atoms with Crippen LogP contribution in [0.15, 0.2) is 18.2 Å². The maximum atomic E-state index is 13.0. The first-order chi connectivity index (χ1) is 8.61. The Kier molecular flexibility index (Phi) is 3.88. The van der Waals surface area contributed by atoms with Crippen molar-refractivity contribution in [2.45, 2.75) is 6.92 Å². The molecule has 0 spiro atoms. The van der Waals surface area contributed by atoms with Gasteiger partial charge in [0.15, 0.2) is 0 Å². The van der Waals surface area contributed by atoms with E-state index in [2.05, 4.69) is 10.2 Å². The number of hydrogen-bond donors (Lipinski definition) is 0. The van der Waals surface area contributed by atoms with Gasteiger partial charge in [0.1, 0.15) is 10.8 Å². The van der Waals surface area contributed by atoms with Gasteiger partial charge < -0.3 is 4.74 Å². The highest BCUT2D eigenvalue weighted by atomic mass is 35.5. The first-order valence-electron chi connectivity index (χ1n) is 5.08. The molecule has 1 aromatic heterocycles. The summed E-state index contributed by atoms with van der Waals surface area (Å²) in [5, 5.41) is 8.21. The molecule has 4 nitrogen and oxygen atoms in total. The number of esters is 1. The Balaban J connectivity index is 2.29. The molecule has 0 aliphatic heterocycles. The number of benzene rings is 1. The van der Waals surface area contributed by atoms with E-state index in [9.17, 15) is 9.18 Å². The monoisotopic (exact) mass is 286 g/mol. The molecule has 0 radical (unpaired) electrons. The second-order valence-electron chi connectivity index (χ2n) is 3.26. The van der Waals surface area contributed by atoms with Crippen LogP contribution in [0.3, 0.4) is 0 Å². The van der Waals surface area contributed by atoms with Gasteiger partial charge in [-0.2, -0.15) is 0 Å². The lowest BCUT2D eigenvalue weighted by Crippen LogP contribution is -2.03. The lowest BCUT2D eigenvalue weighted by molar-refractivity contribution is 0.0525. The van der Waals surface area contributed by atoms with Crippen molar-refractivity contribution in [2.24, 2.45) is 0 Å². The number of rotatable bonds is 3. The number of halogens is 2. The van der Waals surface area contributed by atoms with Crippen molar-refractivity contribution in [3.8, 4) is 10.6 Å². The van der Waals surface area contributed by atoms with Crippen LogP contribution >= 0.6 is 22.9 Å². The molecule has 0 aliphatic carbocycles. The molecule has 2 rings (SSSR count). The van der Waals surface area contributed by atoms with Crippen LogP contribution < -0.4 is 0 Å². The molecule has 0 atom stereocenters. The number of carbonyl (C=O) groups is 1. The standard InChI is InChI=1S/C11H8ClFN2O2S/c1-2-17-11(16)10-15-14-9(18-10)6-3-4-8(13)7(12)5-6/h3-5H,2H2,1H3. The van der Waals surface area contributed by atoms with E-state index >= 15 is 0 Å². The number of hydrogen-bond acceptors (Lipinski definition) is 5. The Labute approximate surface area is 111 Å². The summed E-state index contributed by atoms with van der Waals surface area (Å²) in [5.41, 5.74) is 0.606. The Morgan fingerprint density at radius 1 is 1.50 bits per heavy atom. The molecule has 0 amide bonds. The van der Waals surface area contributed by atoms with Crippen LogP contribution in [0.25, 0.3) is 10.6 Å². The van der Waals surface area contributed by atoms with Gasteiger partial charge in [-0.25, -0.2) is 9.18 Å². The highest BCUT2D eigenvalue weighted by Gasteiger charge is 2.15. The minimum atomic E-state index is -0.519. The average molecular weight is 287 g/mol. The first kappa shape index (κ1) is 12.9. The van der Waals surface area contributed by atoms with E-state index in [1.54, 1.807) is 6.92 Å². The zero-order chi connectivity index (χ0) is 13.1. The predicted octanol–water partition coefficient (Wildman–Crippen LogP) is 3.17. The molecule has 94 valence electrons. The van der Waals surface area contributed by atoms with E-state index < -0.39 is 11.8 Å². The molecule has 0 fully saturated rings. The van der Waals surface area contributed by atoms with Crippen molar-refractivity contribution in [3.63, 3.8) is 0 Å². The maximum absolute atomic E-state index is 13.0. The van der Waals surface area contributed by atoms with Crippen molar-refractivity contribution < 1.29 is 13.9 Å². The van der Waals surface area contributed by atoms with E-state index in [-0.39, 0.29) is 16.6 Å². The third-order valence-corrected chi connectivity index (χ3v) is 3.28. The fourth-order valence-electron chi connectivity index (χ4n) is 1.24. The van der Waals surface area contributed by atoms with Crippen LogP contribution in [-0.2, 0) is 4.74 Å². The first-order valence-corrected chi connectivity index (χ1v) is 6.27. The number of aromatic nitrogens is 2. The fourth-order valence-corrected chi connectivity index (χ4v) is 2.16. The molecule has 0 unspecified atom stereocenters. The molecule has 0 saturated heterocycles. The van der Waals surface area contributed by atoms with Gasteiger partial charge in [0.05, 0.1) is 11.6 Å². The molecule has 1 heterocycles. The van der Waals surface area contributed by atoms with Gasteiger partial charge in [0.25, 0.3) is 0 Å². The van der Waals surface area contributed by atoms with Crippen LogP contribution in [0.5, 0.6) is 0 Å². The lowest BCUT2D eigenvalue weighted by Gasteiger charge is -1.97. The van der Waals surface area contributed by atoms with Gasteiger partial charge in [-0.1, -0.05) is 22.9 Å². The summed E-state index contributed by atoms with van der Waals surface area (Å²) < 4.78 is 17.8. The third-order valence-electron chi connectivity index (χ3n) is 2.04. The molecule has 0 bridgehead atoms. The van der Waals surface area contributed by atoms with E-state index in [1.165, 1.54) is 18.2 Å². The summed E-state index contributed by atoms with van der Waals surface area (Å²) in [6, 6.07) is 4.20. The van der Waals surface area contributed by atoms with Crippen LogP contribution in [0.1, 0.15) is 16.7 Å². The minimum absolute atomic E-state index is 0.000356. The second-order valence-corrected chi connectivity index (χ2v) is 4.65. The van der Waals surface area contributed by atoms with Crippen molar-refractivity contribution in [1.29, 1.82) is 0 Å². The average Bonchev–Trinajstić information content (AvgIpc) is 2.82. The zero-order valence-corrected chi connectivity index (χ0v) is 10.9. The van der Waals surface area contributed by atoms with Gasteiger partial charge in [0, 0.05) is 5.56 Å². The summed E-state index contributed by atoms with van der Waals surface area (Å²) in [6.45, 7) is 1.98. The van der Waals surface area contributed by atoms with Crippen molar-refractivity contribution in [2.75, 3.05) is 6.61 Å². The van der Waals surface area contributed by atoms with Crippen molar-refractivity contribution >= 4 is 28.9 Å². The highest BCUT2D eigenvalue weighted by molar-refractivity contribution is 7.16. The molecule has 1 aromatic carbocycles. The topological polar surface area (TPSA) is 52.1 Å². The molecule has 2 aromatic rings. The van der Waals surface area contributed by atoms with Crippen molar-refractivity contribution in [1.82, 2.24) is 10.2 Å². The largest absolute Gasteiger partial charge is 0.461 e. The molecule has 7 heteroatoms. The van der Waals surface area contributed by atoms with E-state index in [4.69, 9.17) is 16.3 Å². The van der Waals surface area contributed by atoms with E-state index in [0.717, 1.165) is 11.3 Å². The van der Waals surface area contributed by atoms with Gasteiger partial charge in [0.2, 0.25) is 5.01 Å². The predicted molar refractivity (Wildman–Crippen MR) is 66.3 cm³/mol. The normalized spacial score (nSPS) is 10.4. The summed E-state index contributed by atoms with van der Waals surface area (Å²) >= 11 is 6.74. The summed E-state index contributed by atoms with van der Waals surface area (Å²) in [7, 11) is 0. The number of carbonyl (C=O) groups excluding carboxylic acids is 1. The smallest absolute Gasteiger partial charge is 0.369 e. The molecule has 0 saturated carbocycles. The zero-order valence-electron chi connectivity index (χ0n) is 9.31. The maximum Gasteiger partial charge on any atom is 0.369 e. The Morgan fingerprint density at radius 2 is 2.28 bits per heavy atom. The van der Waals surface area contributed by atoms with Gasteiger partial charge in [-0.15, -0.1) is 10.2 Å². The van der Waals surface area contributed by atoms with Crippen LogP contribution in [0.2, 0.25) is 5.02 Å². The van der Waals surface area contributed by atoms with Crippen LogP contribution in [0, 0.1) is 5.82 Å². The fraction of sp³-hybridized carbons (Fsp3) is 0.182. The molecular formula is C11H8ClFN2O2S. The van der Waals surface area contributed by atoms with Crippen LogP contribution in [0.4, 0.5) is 4.39 Å². The Hall–Kier alpha value is -1.53. The van der Waals surface area contributed by atoms with Crippen LogP contribution in [-0.4, -0.2) is 22.8 Å². The van der Waals surface area contributed by atoms with Gasteiger partial charge >= 0.3 is 5.97 Å². The second kappa shape index (κ2) is 5.41. The molecule has 0 aliphatic rings. The molecule has 0 N–H and O–H groups in total. The van der Waals surface area contributed by atoms with Gasteiger partial charge in [-0.3, -0.25) is 0 Å². The SMILES string of the molecule is CCOC(=O)c1nnc(-c2ccc(F)c(Cl)c2)s1. The molecular weight excluding hydrogens is 279 g/mol. The highest BCUT2D eigenvalue weighted by Crippen LogP contribution is 2.27. The number of ether oxygens (including phenoxy) is 1. The lowest BCUT2D eigenvalue weighted by atomic mass is 10.2. The number of nitrogens with zero attached hydrogens (tertiary/aromatic N) is 2. The Morgan fingerprint density at radius 3 is 2.94 bits per heavy atom. The Bertz CT molecular complexity index is 588. The van der Waals surface area contributed by atoms with E-state index in [1.807, 2.05) is 0 Å². The van der Waals surface area contributed by atoms with E-state index in [0.29, 0.717) is 10.6 Å². The summed E-state index contributed by atoms with van der Waals surface area (Å²) in [5.74, 6) is -1.02.